The molecule has 0 amide bonds. The van der Waals surface area contributed by atoms with Crippen LogP contribution in [0.4, 0.5) is 0 Å². The zero-order chi connectivity index (χ0) is 15.9. The van der Waals surface area contributed by atoms with E-state index in [2.05, 4.69) is 6.07 Å². The Balaban J connectivity index is 1.66. The van der Waals surface area contributed by atoms with Crippen LogP contribution in [0.1, 0.15) is 35.1 Å². The monoisotopic (exact) mass is 327 g/mol. The van der Waals surface area contributed by atoms with Gasteiger partial charge >= 0.3 is 0 Å². The normalized spacial score (nSPS) is 18.3. The van der Waals surface area contributed by atoms with Gasteiger partial charge in [-0.2, -0.15) is 4.31 Å². The third kappa shape index (κ3) is 2.70. The van der Waals surface area contributed by atoms with Gasteiger partial charge in [-0.1, -0.05) is 30.3 Å². The number of hydrogen-bond donors (Lipinski definition) is 0. The van der Waals surface area contributed by atoms with Crippen molar-refractivity contribution in [2.45, 2.75) is 43.5 Å². The quantitative estimate of drug-likeness (QED) is 0.848. The lowest BCUT2D eigenvalue weighted by Crippen LogP contribution is -2.36. The lowest BCUT2D eigenvalue weighted by atomic mass is 9.92. The van der Waals surface area contributed by atoms with Crippen molar-refractivity contribution in [3.8, 4) is 0 Å². The fourth-order valence-corrected chi connectivity index (χ4v) is 5.16. The second-order valence-corrected chi connectivity index (χ2v) is 8.43. The third-order valence-electron chi connectivity index (χ3n) is 5.05. The Bertz CT molecular complexity index is 842. The molecule has 3 nitrogen and oxygen atoms in total. The molecule has 1 aliphatic carbocycles. The highest BCUT2D eigenvalue weighted by Crippen LogP contribution is 2.28. The molecule has 2 aromatic rings. The lowest BCUT2D eigenvalue weighted by molar-refractivity contribution is 0.391. The molecule has 0 saturated heterocycles. The second-order valence-electron chi connectivity index (χ2n) is 6.49. The van der Waals surface area contributed by atoms with Crippen molar-refractivity contribution in [3.05, 3.63) is 64.7 Å². The van der Waals surface area contributed by atoms with Gasteiger partial charge in [0.05, 0.1) is 4.90 Å². The highest BCUT2D eigenvalue weighted by molar-refractivity contribution is 7.89. The Morgan fingerprint density at radius 3 is 2.30 bits per heavy atom. The van der Waals surface area contributed by atoms with Gasteiger partial charge in [-0.15, -0.1) is 0 Å². The predicted molar refractivity (Wildman–Crippen MR) is 90.8 cm³/mol. The van der Waals surface area contributed by atoms with Gasteiger partial charge in [-0.25, -0.2) is 8.42 Å². The maximum Gasteiger partial charge on any atom is 0.243 e. The summed E-state index contributed by atoms with van der Waals surface area (Å²) in [6, 6.07) is 13.8. The molecule has 0 fully saturated rings. The number of fused-ring (bicyclic) bond motifs is 2. The topological polar surface area (TPSA) is 37.4 Å². The molecule has 2 aliphatic rings. The van der Waals surface area contributed by atoms with Crippen LogP contribution in [0.2, 0.25) is 0 Å². The molecule has 0 bridgehead atoms. The standard InChI is InChI=1S/C19H21NO2S/c21-23(22,19-10-9-15-5-1-3-7-17(15)13-19)20-12-11-16-6-2-4-8-18(16)14-20/h2,4,6,8-10,13H,1,3,5,7,11-12,14H2. The van der Waals surface area contributed by atoms with Gasteiger partial charge in [0.1, 0.15) is 0 Å². The first kappa shape index (κ1) is 14.9. The summed E-state index contributed by atoms with van der Waals surface area (Å²) in [6.07, 6.45) is 5.24. The lowest BCUT2D eigenvalue weighted by Gasteiger charge is -2.28. The van der Waals surface area contributed by atoms with Gasteiger partial charge in [0.15, 0.2) is 0 Å². The molecular weight excluding hydrogens is 306 g/mol. The molecule has 120 valence electrons. The summed E-state index contributed by atoms with van der Waals surface area (Å²) in [7, 11) is -3.40. The first-order chi connectivity index (χ1) is 11.1. The van der Waals surface area contributed by atoms with Gasteiger partial charge in [0.25, 0.3) is 0 Å². The van der Waals surface area contributed by atoms with Crippen molar-refractivity contribution in [2.75, 3.05) is 6.54 Å². The van der Waals surface area contributed by atoms with Crippen LogP contribution < -0.4 is 0 Å². The summed E-state index contributed by atoms with van der Waals surface area (Å²) >= 11 is 0. The molecular formula is C19H21NO2S. The fraction of sp³-hybridized carbons (Fsp3) is 0.368. The van der Waals surface area contributed by atoms with Crippen LogP contribution in [0, 0.1) is 0 Å². The zero-order valence-electron chi connectivity index (χ0n) is 13.2. The van der Waals surface area contributed by atoms with E-state index in [1.807, 2.05) is 30.3 Å². The van der Waals surface area contributed by atoms with Gasteiger partial charge < -0.3 is 0 Å². The summed E-state index contributed by atoms with van der Waals surface area (Å²) in [4.78, 5) is 0.456. The number of nitrogens with zero attached hydrogens (tertiary/aromatic N) is 1. The molecule has 1 heterocycles. The Morgan fingerprint density at radius 1 is 0.783 bits per heavy atom. The highest BCUT2D eigenvalue weighted by Gasteiger charge is 2.28. The Morgan fingerprint density at radius 2 is 1.48 bits per heavy atom. The summed E-state index contributed by atoms with van der Waals surface area (Å²) in [5, 5.41) is 0. The van der Waals surface area contributed by atoms with Crippen molar-refractivity contribution in [1.29, 1.82) is 0 Å². The first-order valence-electron chi connectivity index (χ1n) is 8.33. The van der Waals surface area contributed by atoms with Gasteiger partial charge in [-0.05, 0) is 66.5 Å². The minimum Gasteiger partial charge on any atom is -0.207 e. The molecule has 0 atom stereocenters. The van der Waals surface area contributed by atoms with Crippen molar-refractivity contribution < 1.29 is 8.42 Å². The summed E-state index contributed by atoms with van der Waals surface area (Å²) in [5.74, 6) is 0. The number of benzene rings is 2. The highest BCUT2D eigenvalue weighted by atomic mass is 32.2. The molecule has 0 N–H and O–H groups in total. The number of aryl methyl sites for hydroxylation is 2. The Kier molecular flexibility index (Phi) is 3.74. The molecule has 0 unspecified atom stereocenters. The van der Waals surface area contributed by atoms with E-state index in [-0.39, 0.29) is 0 Å². The molecule has 2 aromatic carbocycles. The fourth-order valence-electron chi connectivity index (χ4n) is 3.69. The number of rotatable bonds is 2. The van der Waals surface area contributed by atoms with E-state index in [4.69, 9.17) is 0 Å². The average Bonchev–Trinajstić information content (AvgIpc) is 2.61. The van der Waals surface area contributed by atoms with Crippen molar-refractivity contribution in [3.63, 3.8) is 0 Å². The van der Waals surface area contributed by atoms with Crippen LogP contribution >= 0.6 is 0 Å². The molecule has 1 aliphatic heterocycles. The van der Waals surface area contributed by atoms with Gasteiger partial charge in [0, 0.05) is 13.1 Å². The molecule has 0 spiro atoms. The van der Waals surface area contributed by atoms with Gasteiger partial charge in [0.2, 0.25) is 10.0 Å². The number of hydrogen-bond acceptors (Lipinski definition) is 2. The van der Waals surface area contributed by atoms with E-state index >= 15 is 0 Å². The van der Waals surface area contributed by atoms with E-state index in [1.54, 1.807) is 10.4 Å². The summed E-state index contributed by atoms with van der Waals surface area (Å²) in [5.41, 5.74) is 4.93. The summed E-state index contributed by atoms with van der Waals surface area (Å²) in [6.45, 7) is 1.05. The van der Waals surface area contributed by atoms with Crippen LogP contribution in [-0.4, -0.2) is 19.3 Å². The first-order valence-corrected chi connectivity index (χ1v) is 9.77. The Hall–Kier alpha value is -1.65. The third-order valence-corrected chi connectivity index (χ3v) is 6.89. The van der Waals surface area contributed by atoms with Crippen molar-refractivity contribution in [2.24, 2.45) is 0 Å². The van der Waals surface area contributed by atoms with E-state index < -0.39 is 10.0 Å². The smallest absolute Gasteiger partial charge is 0.207 e. The molecule has 0 radical (unpaired) electrons. The zero-order valence-corrected chi connectivity index (χ0v) is 14.0. The Labute approximate surface area is 138 Å². The van der Waals surface area contributed by atoms with E-state index in [1.165, 1.54) is 23.1 Å². The van der Waals surface area contributed by atoms with Crippen LogP contribution in [0.5, 0.6) is 0 Å². The molecule has 23 heavy (non-hydrogen) atoms. The van der Waals surface area contributed by atoms with Gasteiger partial charge in [-0.3, -0.25) is 0 Å². The SMILES string of the molecule is O=S(=O)(c1ccc2c(c1)CCCC2)N1CCc2ccccc2C1. The van der Waals surface area contributed by atoms with Crippen molar-refractivity contribution >= 4 is 10.0 Å². The number of sulfonamides is 1. The second kappa shape index (κ2) is 5.77. The molecule has 4 rings (SSSR count). The molecule has 0 saturated carbocycles. The maximum absolute atomic E-state index is 13.0. The predicted octanol–water partition coefficient (Wildman–Crippen LogP) is 3.31. The van der Waals surface area contributed by atoms with Crippen molar-refractivity contribution in [1.82, 2.24) is 4.31 Å². The minimum absolute atomic E-state index is 0.456. The van der Waals surface area contributed by atoms with Crippen LogP contribution in [0.15, 0.2) is 47.4 Å². The van der Waals surface area contributed by atoms with E-state index in [0.29, 0.717) is 18.0 Å². The van der Waals surface area contributed by atoms with Crippen LogP contribution in [0.3, 0.4) is 0 Å². The largest absolute Gasteiger partial charge is 0.243 e. The van der Waals surface area contributed by atoms with Crippen LogP contribution in [-0.2, 0) is 35.8 Å². The van der Waals surface area contributed by atoms with Crippen LogP contribution in [0.25, 0.3) is 0 Å². The average molecular weight is 327 g/mol. The van der Waals surface area contributed by atoms with E-state index in [0.717, 1.165) is 31.2 Å². The maximum atomic E-state index is 13.0. The molecule has 4 heteroatoms. The molecule has 0 aromatic heterocycles. The summed E-state index contributed by atoms with van der Waals surface area (Å²) < 4.78 is 27.6. The minimum atomic E-state index is -3.40. The van der Waals surface area contributed by atoms with E-state index in [9.17, 15) is 8.42 Å².